The van der Waals surface area contributed by atoms with Crippen molar-refractivity contribution in [1.82, 2.24) is 0 Å². The van der Waals surface area contributed by atoms with Gasteiger partial charge in [0.1, 0.15) is 13.2 Å². The maximum Gasteiger partial charge on any atom is 0.307 e. The van der Waals surface area contributed by atoms with Crippen LogP contribution in [0, 0.1) is 0 Å². The number of ether oxygens (including phenoxy) is 4. The van der Waals surface area contributed by atoms with E-state index in [1.807, 2.05) is 0 Å². The molecule has 0 rings (SSSR count). The summed E-state index contributed by atoms with van der Waals surface area (Å²) < 4.78 is 21.2. The minimum atomic E-state index is -1.19. The Bertz CT molecular complexity index is 558. The Morgan fingerprint density at radius 2 is 0.781 bits per heavy atom. The third kappa shape index (κ3) is 16.8. The van der Waals surface area contributed by atoms with Gasteiger partial charge >= 0.3 is 23.9 Å². The van der Waals surface area contributed by atoms with Crippen molar-refractivity contribution in [3.8, 4) is 0 Å². The molecule has 0 amide bonds. The van der Waals surface area contributed by atoms with Crippen LogP contribution in [0.1, 0.15) is 53.4 Å². The van der Waals surface area contributed by atoms with Gasteiger partial charge in [-0.3, -0.25) is 19.2 Å². The third-order valence-corrected chi connectivity index (χ3v) is 4.38. The highest BCUT2D eigenvalue weighted by Gasteiger charge is 2.32. The van der Waals surface area contributed by atoms with Crippen LogP contribution >= 0.6 is 50.5 Å². The summed E-state index contributed by atoms with van der Waals surface area (Å²) in [5.74, 6) is -2.39. The maximum absolute atomic E-state index is 12.2. The topological polar surface area (TPSA) is 105 Å². The summed E-state index contributed by atoms with van der Waals surface area (Å²) in [6.45, 7) is 6.09. The monoisotopic (exact) mass is 530 g/mol. The molecule has 0 aliphatic carbocycles. The van der Waals surface area contributed by atoms with E-state index in [1.54, 1.807) is 27.7 Å². The molecule has 0 fully saturated rings. The quantitative estimate of drug-likeness (QED) is 0.146. The average Bonchev–Trinajstić information content (AvgIpc) is 2.59. The molecule has 0 aromatic heterocycles. The van der Waals surface area contributed by atoms with Gasteiger partial charge in [-0.25, -0.2) is 0 Å². The fourth-order valence-electron chi connectivity index (χ4n) is 2.30. The number of hydrogen-bond donors (Lipinski definition) is 4. The van der Waals surface area contributed by atoms with E-state index < -0.39 is 36.1 Å². The Kier molecular flexibility index (Phi) is 16.4. The number of rotatable bonds is 15. The zero-order chi connectivity index (χ0) is 24.8. The summed E-state index contributed by atoms with van der Waals surface area (Å²) in [6, 6.07) is 0. The number of carbonyl (C=O) groups excluding carboxylic acids is 4. The summed E-state index contributed by atoms with van der Waals surface area (Å²) in [6.07, 6.45) is -2.34. The van der Waals surface area contributed by atoms with E-state index in [0.717, 1.165) is 0 Å². The van der Waals surface area contributed by atoms with Crippen molar-refractivity contribution >= 4 is 74.4 Å². The fraction of sp³-hybridized carbons (Fsp3) is 0.800. The summed E-state index contributed by atoms with van der Waals surface area (Å²) in [7, 11) is 0. The van der Waals surface area contributed by atoms with Gasteiger partial charge in [-0.15, -0.1) is 0 Å². The molecule has 0 bridgehead atoms. The highest BCUT2D eigenvalue weighted by molar-refractivity contribution is 7.81. The standard InChI is InChI=1S/C20H34O8S4/c1-11(29)5-17(21)25-9-15(27-19(23)7-13(3)31)16(28-20(24)8-14(4)32)10-26-18(22)6-12(2)30/h11-16,29-32H,5-10H2,1-4H3/t11?,12?,13?,14?,15-,16+. The first-order chi connectivity index (χ1) is 14.8. The molecule has 0 aliphatic heterocycles. The Morgan fingerprint density at radius 3 is 1.03 bits per heavy atom. The van der Waals surface area contributed by atoms with Crippen LogP contribution in [0.15, 0.2) is 0 Å². The second kappa shape index (κ2) is 16.8. The second-order valence-corrected chi connectivity index (χ2v) is 11.2. The first-order valence-electron chi connectivity index (χ1n) is 10.2. The van der Waals surface area contributed by atoms with Gasteiger partial charge in [0.15, 0.2) is 12.2 Å². The van der Waals surface area contributed by atoms with Crippen molar-refractivity contribution in [2.45, 2.75) is 86.6 Å². The Hall–Kier alpha value is -0.720. The molecule has 0 saturated heterocycles. The van der Waals surface area contributed by atoms with Crippen LogP contribution in [0.4, 0.5) is 0 Å². The largest absolute Gasteiger partial charge is 0.462 e. The number of thiol groups is 4. The molecule has 0 spiro atoms. The lowest BCUT2D eigenvalue weighted by atomic mass is 10.2. The average molecular weight is 531 g/mol. The van der Waals surface area contributed by atoms with Gasteiger partial charge in [0.25, 0.3) is 0 Å². The van der Waals surface area contributed by atoms with E-state index in [4.69, 9.17) is 18.9 Å². The lowest BCUT2D eigenvalue weighted by Gasteiger charge is -2.27. The van der Waals surface area contributed by atoms with Crippen molar-refractivity contribution in [3.63, 3.8) is 0 Å². The van der Waals surface area contributed by atoms with Crippen molar-refractivity contribution in [2.24, 2.45) is 0 Å². The molecule has 0 saturated carbocycles. The van der Waals surface area contributed by atoms with Gasteiger partial charge in [-0.1, -0.05) is 27.7 Å². The SMILES string of the molecule is CC(S)CC(=O)OC[C@H](OC(=O)CC(C)S)[C@@H](COC(=O)CC(C)S)OC(=O)CC(C)S. The van der Waals surface area contributed by atoms with Crippen molar-refractivity contribution < 1.29 is 38.1 Å². The molecule has 0 aliphatic rings. The van der Waals surface area contributed by atoms with Crippen molar-refractivity contribution in [2.75, 3.05) is 13.2 Å². The molecule has 0 aromatic rings. The fourth-order valence-corrected chi connectivity index (χ4v) is 2.90. The highest BCUT2D eigenvalue weighted by atomic mass is 32.1. The zero-order valence-corrected chi connectivity index (χ0v) is 22.3. The van der Waals surface area contributed by atoms with E-state index in [0.29, 0.717) is 0 Å². The Morgan fingerprint density at radius 1 is 0.531 bits per heavy atom. The van der Waals surface area contributed by atoms with Gasteiger partial charge in [-0.05, 0) is 0 Å². The normalized spacial score (nSPS) is 16.6. The molecule has 8 nitrogen and oxygen atoms in total. The minimum Gasteiger partial charge on any atom is -0.462 e. The van der Waals surface area contributed by atoms with E-state index in [9.17, 15) is 19.2 Å². The molecule has 4 unspecified atom stereocenters. The predicted molar refractivity (Wildman–Crippen MR) is 134 cm³/mol. The lowest BCUT2D eigenvalue weighted by molar-refractivity contribution is -0.182. The van der Waals surface area contributed by atoms with Crippen LogP contribution in [0.25, 0.3) is 0 Å². The molecule has 0 radical (unpaired) electrons. The predicted octanol–water partition coefficient (Wildman–Crippen LogP) is 2.73. The first-order valence-corrected chi connectivity index (χ1v) is 12.3. The minimum absolute atomic E-state index is 0.0213. The molecule has 0 heterocycles. The van der Waals surface area contributed by atoms with E-state index in [-0.39, 0.29) is 59.9 Å². The third-order valence-electron chi connectivity index (χ3n) is 3.65. The van der Waals surface area contributed by atoms with Gasteiger partial charge in [0.05, 0.1) is 25.7 Å². The smallest absolute Gasteiger partial charge is 0.307 e. The van der Waals surface area contributed by atoms with E-state index >= 15 is 0 Å². The molecule has 32 heavy (non-hydrogen) atoms. The van der Waals surface area contributed by atoms with Crippen LogP contribution in [-0.4, -0.2) is 70.3 Å². The number of carbonyl (C=O) groups is 4. The second-order valence-electron chi connectivity index (χ2n) is 7.64. The molecular weight excluding hydrogens is 496 g/mol. The van der Waals surface area contributed by atoms with Crippen LogP contribution < -0.4 is 0 Å². The van der Waals surface area contributed by atoms with E-state index in [1.165, 1.54) is 0 Å². The van der Waals surface area contributed by atoms with Gasteiger partial charge in [0.2, 0.25) is 0 Å². The highest BCUT2D eigenvalue weighted by Crippen LogP contribution is 2.14. The molecule has 186 valence electrons. The summed E-state index contributed by atoms with van der Waals surface area (Å²) in [4.78, 5) is 48.4. The molecule has 0 N–H and O–H groups in total. The summed E-state index contributed by atoms with van der Waals surface area (Å²) in [5.41, 5.74) is 0. The number of hydrogen-bond acceptors (Lipinski definition) is 12. The molecule has 6 atom stereocenters. The first kappa shape index (κ1) is 31.3. The Labute approximate surface area is 211 Å². The zero-order valence-electron chi connectivity index (χ0n) is 18.8. The molecular formula is C20H34O8S4. The molecule has 0 aromatic carbocycles. The van der Waals surface area contributed by atoms with Crippen LogP contribution in [0.3, 0.4) is 0 Å². The van der Waals surface area contributed by atoms with Crippen LogP contribution in [-0.2, 0) is 38.1 Å². The van der Waals surface area contributed by atoms with Gasteiger partial charge in [0, 0.05) is 21.0 Å². The van der Waals surface area contributed by atoms with Gasteiger partial charge in [-0.2, -0.15) is 50.5 Å². The molecule has 12 heteroatoms. The maximum atomic E-state index is 12.2. The Balaban J connectivity index is 5.49. The van der Waals surface area contributed by atoms with Crippen molar-refractivity contribution in [3.05, 3.63) is 0 Å². The summed E-state index contributed by atoms with van der Waals surface area (Å²) in [5, 5.41) is -1.03. The number of esters is 4. The van der Waals surface area contributed by atoms with E-state index in [2.05, 4.69) is 50.5 Å². The van der Waals surface area contributed by atoms with Gasteiger partial charge < -0.3 is 18.9 Å². The van der Waals surface area contributed by atoms with Crippen molar-refractivity contribution in [1.29, 1.82) is 0 Å². The summed E-state index contributed by atoms with van der Waals surface area (Å²) >= 11 is 16.6. The van der Waals surface area contributed by atoms with Crippen LogP contribution in [0.2, 0.25) is 0 Å². The lowest BCUT2D eigenvalue weighted by Crippen LogP contribution is -2.43. The van der Waals surface area contributed by atoms with Crippen LogP contribution in [0.5, 0.6) is 0 Å².